The van der Waals surface area contributed by atoms with Crippen molar-refractivity contribution in [1.29, 1.82) is 0 Å². The van der Waals surface area contributed by atoms with Crippen molar-refractivity contribution in [2.24, 2.45) is 5.92 Å². The van der Waals surface area contributed by atoms with Gasteiger partial charge in [-0.25, -0.2) is 0 Å². The van der Waals surface area contributed by atoms with E-state index in [0.717, 1.165) is 29.7 Å². The minimum atomic E-state index is -0.141. The molecular formula is C23H31N3O2. The third kappa shape index (κ3) is 6.06. The van der Waals surface area contributed by atoms with Crippen molar-refractivity contribution in [2.75, 3.05) is 32.7 Å². The Morgan fingerprint density at radius 1 is 1.00 bits per heavy atom. The van der Waals surface area contributed by atoms with Gasteiger partial charge in [0, 0.05) is 25.1 Å². The normalized spacial score (nSPS) is 15.5. The van der Waals surface area contributed by atoms with Crippen LogP contribution in [0.5, 0.6) is 0 Å². The molecule has 5 nitrogen and oxygen atoms in total. The molecule has 0 unspecified atom stereocenters. The summed E-state index contributed by atoms with van der Waals surface area (Å²) < 4.78 is 0. The van der Waals surface area contributed by atoms with Gasteiger partial charge in [0.15, 0.2) is 0 Å². The van der Waals surface area contributed by atoms with E-state index in [9.17, 15) is 9.59 Å². The quantitative estimate of drug-likeness (QED) is 0.691. The van der Waals surface area contributed by atoms with Gasteiger partial charge in [-0.2, -0.15) is 0 Å². The van der Waals surface area contributed by atoms with Crippen LogP contribution in [0.25, 0.3) is 10.8 Å². The van der Waals surface area contributed by atoms with Gasteiger partial charge in [-0.15, -0.1) is 0 Å². The Hall–Kier alpha value is -2.40. The Morgan fingerprint density at radius 3 is 2.54 bits per heavy atom. The Bertz CT molecular complexity index is 797. The molecule has 0 atom stereocenters. The summed E-state index contributed by atoms with van der Waals surface area (Å²) >= 11 is 0. The number of likely N-dealkylation sites (tertiary alicyclic amines) is 1. The van der Waals surface area contributed by atoms with Crippen LogP contribution in [0.3, 0.4) is 0 Å². The van der Waals surface area contributed by atoms with E-state index in [4.69, 9.17) is 0 Å². The molecule has 2 amide bonds. The van der Waals surface area contributed by atoms with Gasteiger partial charge in [0.1, 0.15) is 0 Å². The molecule has 0 saturated carbocycles. The Labute approximate surface area is 167 Å². The van der Waals surface area contributed by atoms with Crippen molar-refractivity contribution in [3.63, 3.8) is 0 Å². The fourth-order valence-corrected chi connectivity index (χ4v) is 3.63. The zero-order valence-electron chi connectivity index (χ0n) is 16.7. The molecule has 2 aromatic carbocycles. The first-order valence-electron chi connectivity index (χ1n) is 10.4. The van der Waals surface area contributed by atoms with Gasteiger partial charge in [-0.3, -0.25) is 9.59 Å². The van der Waals surface area contributed by atoms with Crippen molar-refractivity contribution in [3.8, 4) is 0 Å². The molecular weight excluding hydrogens is 350 g/mol. The summed E-state index contributed by atoms with van der Waals surface area (Å²) in [5.41, 5.74) is 0.620. The summed E-state index contributed by atoms with van der Waals surface area (Å²) in [5, 5.41) is 7.93. The van der Waals surface area contributed by atoms with Gasteiger partial charge in [0.05, 0.1) is 0 Å². The van der Waals surface area contributed by atoms with Crippen LogP contribution >= 0.6 is 0 Å². The number of hydrogen-bond donors (Lipinski definition) is 2. The molecule has 2 aromatic rings. The molecule has 1 aliphatic rings. The third-order valence-corrected chi connectivity index (χ3v) is 5.50. The second-order valence-corrected chi connectivity index (χ2v) is 7.80. The van der Waals surface area contributed by atoms with Crippen LogP contribution < -0.4 is 10.6 Å². The topological polar surface area (TPSA) is 61.4 Å². The molecule has 150 valence electrons. The molecule has 0 radical (unpaired) electrons. The van der Waals surface area contributed by atoms with Gasteiger partial charge in [0.25, 0.3) is 5.91 Å². The van der Waals surface area contributed by atoms with Crippen molar-refractivity contribution >= 4 is 22.6 Å². The number of fused-ring (bicyclic) bond motifs is 1. The van der Waals surface area contributed by atoms with E-state index in [1.54, 1.807) is 0 Å². The molecule has 1 heterocycles. The van der Waals surface area contributed by atoms with Gasteiger partial charge in [0.2, 0.25) is 5.91 Å². The molecule has 0 aliphatic carbocycles. The smallest absolute Gasteiger partial charge is 0.251 e. The summed E-state index contributed by atoms with van der Waals surface area (Å²) in [6, 6.07) is 13.6. The molecule has 0 bridgehead atoms. The SMILES string of the molecule is CC1CCN(CCCNC(=O)CCNC(=O)c2ccc3ccccc3c2)CC1. The lowest BCUT2D eigenvalue weighted by atomic mass is 9.99. The van der Waals surface area contributed by atoms with E-state index in [-0.39, 0.29) is 11.8 Å². The minimum Gasteiger partial charge on any atom is -0.356 e. The monoisotopic (exact) mass is 381 g/mol. The first-order valence-corrected chi connectivity index (χ1v) is 10.4. The molecule has 3 rings (SSSR count). The van der Waals surface area contributed by atoms with E-state index in [2.05, 4.69) is 22.5 Å². The number of hydrogen-bond acceptors (Lipinski definition) is 3. The average molecular weight is 382 g/mol. The number of nitrogens with one attached hydrogen (secondary N) is 2. The highest BCUT2D eigenvalue weighted by Crippen LogP contribution is 2.16. The predicted molar refractivity (Wildman–Crippen MR) is 113 cm³/mol. The lowest BCUT2D eigenvalue weighted by molar-refractivity contribution is -0.120. The lowest BCUT2D eigenvalue weighted by Gasteiger charge is -2.30. The highest BCUT2D eigenvalue weighted by molar-refractivity contribution is 5.98. The van der Waals surface area contributed by atoms with Crippen LogP contribution in [0.1, 0.15) is 43.0 Å². The van der Waals surface area contributed by atoms with Crippen LogP contribution in [0, 0.1) is 5.92 Å². The standard InChI is InChI=1S/C23H31N3O2/c1-18-10-15-26(16-11-18)14-4-12-24-22(27)9-13-25-23(28)21-8-7-19-5-2-3-6-20(19)17-21/h2-3,5-8,17-18H,4,9-16H2,1H3,(H,24,27)(H,25,28). The van der Waals surface area contributed by atoms with E-state index >= 15 is 0 Å². The minimum absolute atomic E-state index is 0.00826. The van der Waals surface area contributed by atoms with Crippen LogP contribution in [-0.4, -0.2) is 49.4 Å². The van der Waals surface area contributed by atoms with E-state index < -0.39 is 0 Å². The highest BCUT2D eigenvalue weighted by Gasteiger charge is 2.14. The Morgan fingerprint density at radius 2 is 1.75 bits per heavy atom. The zero-order valence-corrected chi connectivity index (χ0v) is 16.7. The maximum atomic E-state index is 12.3. The number of rotatable bonds is 8. The number of carbonyl (C=O) groups excluding carboxylic acids is 2. The molecule has 1 aliphatic heterocycles. The number of piperidine rings is 1. The summed E-state index contributed by atoms with van der Waals surface area (Å²) in [7, 11) is 0. The average Bonchev–Trinajstić information content (AvgIpc) is 2.72. The van der Waals surface area contributed by atoms with Crippen molar-refractivity contribution in [1.82, 2.24) is 15.5 Å². The van der Waals surface area contributed by atoms with E-state index in [0.29, 0.717) is 25.1 Å². The fraction of sp³-hybridized carbons (Fsp3) is 0.478. The van der Waals surface area contributed by atoms with Crippen LogP contribution in [0.2, 0.25) is 0 Å². The summed E-state index contributed by atoms with van der Waals surface area (Å²) in [4.78, 5) is 26.7. The van der Waals surface area contributed by atoms with Crippen molar-refractivity contribution < 1.29 is 9.59 Å². The fourth-order valence-electron chi connectivity index (χ4n) is 3.63. The molecule has 0 aromatic heterocycles. The summed E-state index contributed by atoms with van der Waals surface area (Å²) in [6.45, 7) is 6.76. The number of nitrogens with zero attached hydrogens (tertiary/aromatic N) is 1. The van der Waals surface area contributed by atoms with E-state index in [1.165, 1.54) is 25.9 Å². The van der Waals surface area contributed by atoms with Crippen LogP contribution in [0.15, 0.2) is 42.5 Å². The summed E-state index contributed by atoms with van der Waals surface area (Å²) in [5.74, 6) is 0.699. The van der Waals surface area contributed by atoms with Crippen molar-refractivity contribution in [2.45, 2.75) is 32.6 Å². The van der Waals surface area contributed by atoms with Gasteiger partial charge in [-0.1, -0.05) is 37.3 Å². The molecule has 2 N–H and O–H groups in total. The maximum Gasteiger partial charge on any atom is 0.251 e. The Balaban J connectivity index is 1.30. The van der Waals surface area contributed by atoms with Gasteiger partial charge >= 0.3 is 0 Å². The first-order chi connectivity index (χ1) is 13.6. The zero-order chi connectivity index (χ0) is 19.8. The highest BCUT2D eigenvalue weighted by atomic mass is 16.2. The summed E-state index contributed by atoms with van der Waals surface area (Å²) in [6.07, 6.45) is 3.84. The van der Waals surface area contributed by atoms with Crippen LogP contribution in [-0.2, 0) is 4.79 Å². The second-order valence-electron chi connectivity index (χ2n) is 7.80. The third-order valence-electron chi connectivity index (χ3n) is 5.50. The Kier molecular flexibility index (Phi) is 7.43. The molecule has 1 saturated heterocycles. The van der Waals surface area contributed by atoms with E-state index in [1.807, 2.05) is 42.5 Å². The molecule has 0 spiro atoms. The van der Waals surface area contributed by atoms with Gasteiger partial charge < -0.3 is 15.5 Å². The number of amides is 2. The number of benzene rings is 2. The lowest BCUT2D eigenvalue weighted by Crippen LogP contribution is -2.36. The number of carbonyl (C=O) groups is 2. The van der Waals surface area contributed by atoms with Crippen LogP contribution in [0.4, 0.5) is 0 Å². The predicted octanol–water partition coefficient (Wildman–Crippen LogP) is 3.20. The second kappa shape index (κ2) is 10.2. The van der Waals surface area contributed by atoms with Crippen molar-refractivity contribution in [3.05, 3.63) is 48.0 Å². The molecule has 1 fully saturated rings. The first kappa shape index (κ1) is 20.3. The largest absolute Gasteiger partial charge is 0.356 e. The van der Waals surface area contributed by atoms with Gasteiger partial charge in [-0.05, 0) is 67.7 Å². The molecule has 5 heteroatoms. The molecule has 28 heavy (non-hydrogen) atoms. The maximum absolute atomic E-state index is 12.3.